The minimum Gasteiger partial charge on any atom is -0.322 e. The van der Waals surface area contributed by atoms with Crippen molar-refractivity contribution in [3.05, 3.63) is 69.8 Å². The Morgan fingerprint density at radius 1 is 1.16 bits per heavy atom. The number of carbonyl (C=O) groups is 1. The molecule has 19 heavy (non-hydrogen) atoms. The molecule has 5 nitrogen and oxygen atoms in total. The second-order valence-corrected chi connectivity index (χ2v) is 4.08. The van der Waals surface area contributed by atoms with E-state index in [0.29, 0.717) is 16.8 Å². The minimum atomic E-state index is -0.465. The van der Waals surface area contributed by atoms with E-state index in [9.17, 15) is 14.9 Å². The van der Waals surface area contributed by atoms with Crippen molar-refractivity contribution in [2.75, 3.05) is 5.32 Å². The molecule has 0 saturated carbocycles. The van der Waals surface area contributed by atoms with Crippen molar-refractivity contribution in [1.29, 1.82) is 0 Å². The topological polar surface area (TPSA) is 72.2 Å². The Bertz CT molecular complexity index is 624. The lowest BCUT2D eigenvalue weighted by molar-refractivity contribution is -0.385. The highest BCUT2D eigenvalue weighted by atomic mass is 16.6. The van der Waals surface area contributed by atoms with Crippen molar-refractivity contribution in [3.8, 4) is 0 Å². The van der Waals surface area contributed by atoms with Crippen LogP contribution >= 0.6 is 0 Å². The number of anilines is 1. The van der Waals surface area contributed by atoms with Crippen molar-refractivity contribution in [2.24, 2.45) is 0 Å². The van der Waals surface area contributed by atoms with Crippen LogP contribution in [-0.2, 0) is 0 Å². The number of rotatable bonds is 3. The normalized spacial score (nSPS) is 9.95. The molecule has 0 radical (unpaired) electrons. The number of nitro benzene ring substituents is 1. The molecule has 0 aliphatic rings. The van der Waals surface area contributed by atoms with Crippen molar-refractivity contribution in [3.63, 3.8) is 0 Å². The number of carbonyl (C=O) groups excluding carboxylic acids is 1. The van der Waals surface area contributed by atoms with Crippen LogP contribution in [0.3, 0.4) is 0 Å². The molecule has 96 valence electrons. The van der Waals surface area contributed by atoms with Crippen LogP contribution < -0.4 is 5.32 Å². The SMILES string of the molecule is Cc1ccc(NC(=O)c2ccccc2)cc1[N+](=O)[O-]. The second-order valence-electron chi connectivity index (χ2n) is 4.08. The van der Waals surface area contributed by atoms with E-state index in [0.717, 1.165) is 0 Å². The first kappa shape index (κ1) is 12.8. The van der Waals surface area contributed by atoms with Gasteiger partial charge in [0.15, 0.2) is 0 Å². The lowest BCUT2D eigenvalue weighted by atomic mass is 10.1. The van der Waals surface area contributed by atoms with E-state index < -0.39 is 4.92 Å². The first-order chi connectivity index (χ1) is 9.08. The molecule has 0 spiro atoms. The van der Waals surface area contributed by atoms with Gasteiger partial charge in [-0.1, -0.05) is 24.3 Å². The number of aryl methyl sites for hydroxylation is 1. The van der Waals surface area contributed by atoms with Gasteiger partial charge in [0, 0.05) is 22.9 Å². The largest absolute Gasteiger partial charge is 0.322 e. The van der Waals surface area contributed by atoms with Gasteiger partial charge in [-0.05, 0) is 25.1 Å². The van der Waals surface area contributed by atoms with Gasteiger partial charge in [0.1, 0.15) is 0 Å². The van der Waals surface area contributed by atoms with Crippen LogP contribution in [0.4, 0.5) is 11.4 Å². The summed E-state index contributed by atoms with van der Waals surface area (Å²) in [5, 5.41) is 13.5. The lowest BCUT2D eigenvalue weighted by Crippen LogP contribution is -2.11. The second kappa shape index (κ2) is 5.30. The van der Waals surface area contributed by atoms with Crippen molar-refractivity contribution in [2.45, 2.75) is 6.92 Å². The predicted molar refractivity (Wildman–Crippen MR) is 72.2 cm³/mol. The molecule has 2 rings (SSSR count). The molecular weight excluding hydrogens is 244 g/mol. The van der Waals surface area contributed by atoms with Crippen molar-refractivity contribution >= 4 is 17.3 Å². The fraction of sp³-hybridized carbons (Fsp3) is 0.0714. The fourth-order valence-corrected chi connectivity index (χ4v) is 1.68. The highest BCUT2D eigenvalue weighted by Gasteiger charge is 2.12. The first-order valence-corrected chi connectivity index (χ1v) is 5.69. The Hall–Kier alpha value is -2.69. The first-order valence-electron chi connectivity index (χ1n) is 5.69. The summed E-state index contributed by atoms with van der Waals surface area (Å²) in [6.45, 7) is 1.65. The van der Waals surface area contributed by atoms with E-state index in [4.69, 9.17) is 0 Å². The standard InChI is InChI=1S/C14H12N2O3/c1-10-7-8-12(9-13(10)16(18)19)15-14(17)11-5-3-2-4-6-11/h2-9H,1H3,(H,15,17). The molecule has 5 heteroatoms. The van der Waals surface area contributed by atoms with E-state index in [1.54, 1.807) is 43.3 Å². The molecule has 2 aromatic rings. The Morgan fingerprint density at radius 2 is 1.84 bits per heavy atom. The monoisotopic (exact) mass is 256 g/mol. The lowest BCUT2D eigenvalue weighted by Gasteiger charge is -2.06. The number of hydrogen-bond acceptors (Lipinski definition) is 3. The molecule has 0 aromatic heterocycles. The van der Waals surface area contributed by atoms with E-state index >= 15 is 0 Å². The Labute approximate surface area is 110 Å². The fourth-order valence-electron chi connectivity index (χ4n) is 1.68. The summed E-state index contributed by atoms with van der Waals surface area (Å²) >= 11 is 0. The summed E-state index contributed by atoms with van der Waals surface area (Å²) in [4.78, 5) is 22.3. The summed E-state index contributed by atoms with van der Waals surface area (Å²) in [7, 11) is 0. The molecule has 2 aromatic carbocycles. The summed E-state index contributed by atoms with van der Waals surface area (Å²) in [6, 6.07) is 13.3. The van der Waals surface area contributed by atoms with Crippen LogP contribution in [0.5, 0.6) is 0 Å². The summed E-state index contributed by atoms with van der Waals surface area (Å²) < 4.78 is 0. The summed E-state index contributed by atoms with van der Waals surface area (Å²) in [5.74, 6) is -0.293. The molecule has 0 saturated heterocycles. The highest BCUT2D eigenvalue weighted by molar-refractivity contribution is 6.04. The zero-order valence-corrected chi connectivity index (χ0v) is 10.3. The van der Waals surface area contributed by atoms with Gasteiger partial charge >= 0.3 is 0 Å². The van der Waals surface area contributed by atoms with Gasteiger partial charge in [-0.2, -0.15) is 0 Å². The average Bonchev–Trinajstić information content (AvgIpc) is 2.41. The molecule has 0 heterocycles. The third-order valence-electron chi connectivity index (χ3n) is 2.70. The number of benzene rings is 2. The van der Waals surface area contributed by atoms with E-state index in [-0.39, 0.29) is 11.6 Å². The van der Waals surface area contributed by atoms with Gasteiger partial charge in [-0.15, -0.1) is 0 Å². The van der Waals surface area contributed by atoms with Crippen LogP contribution in [0.15, 0.2) is 48.5 Å². The van der Waals surface area contributed by atoms with E-state index in [2.05, 4.69) is 5.32 Å². The van der Waals surface area contributed by atoms with Crippen molar-refractivity contribution in [1.82, 2.24) is 0 Å². The Balaban J connectivity index is 2.23. The Morgan fingerprint density at radius 3 is 2.47 bits per heavy atom. The molecule has 0 unspecified atom stereocenters. The maximum atomic E-state index is 11.9. The number of nitro groups is 1. The van der Waals surface area contributed by atoms with Gasteiger partial charge in [-0.25, -0.2) is 0 Å². The van der Waals surface area contributed by atoms with Gasteiger partial charge in [-0.3, -0.25) is 14.9 Å². The van der Waals surface area contributed by atoms with E-state index in [1.165, 1.54) is 6.07 Å². The molecule has 0 fully saturated rings. The van der Waals surface area contributed by atoms with Crippen LogP contribution in [0.1, 0.15) is 15.9 Å². The molecule has 0 aliphatic carbocycles. The Kier molecular flexibility index (Phi) is 3.56. The average molecular weight is 256 g/mol. The number of amides is 1. The van der Waals surface area contributed by atoms with Crippen LogP contribution in [0, 0.1) is 17.0 Å². The maximum Gasteiger partial charge on any atom is 0.274 e. The summed E-state index contributed by atoms with van der Waals surface area (Å²) in [6.07, 6.45) is 0. The van der Waals surface area contributed by atoms with Gasteiger partial charge in [0.2, 0.25) is 0 Å². The molecule has 0 bridgehead atoms. The highest BCUT2D eigenvalue weighted by Crippen LogP contribution is 2.22. The molecule has 0 aliphatic heterocycles. The van der Waals surface area contributed by atoms with Gasteiger partial charge < -0.3 is 5.32 Å². The number of hydrogen-bond donors (Lipinski definition) is 1. The smallest absolute Gasteiger partial charge is 0.274 e. The third-order valence-corrected chi connectivity index (χ3v) is 2.70. The van der Waals surface area contributed by atoms with Gasteiger partial charge in [0.05, 0.1) is 4.92 Å². The molecule has 1 N–H and O–H groups in total. The maximum absolute atomic E-state index is 11.9. The van der Waals surface area contributed by atoms with E-state index in [1.807, 2.05) is 6.07 Å². The van der Waals surface area contributed by atoms with Crippen LogP contribution in [-0.4, -0.2) is 10.8 Å². The summed E-state index contributed by atoms with van der Waals surface area (Å²) in [5.41, 5.74) is 1.46. The number of nitrogens with one attached hydrogen (secondary N) is 1. The minimum absolute atomic E-state index is 0.00846. The van der Waals surface area contributed by atoms with Gasteiger partial charge in [0.25, 0.3) is 11.6 Å². The van der Waals surface area contributed by atoms with Crippen molar-refractivity contribution < 1.29 is 9.72 Å². The zero-order valence-electron chi connectivity index (χ0n) is 10.3. The van der Waals surface area contributed by atoms with Crippen LogP contribution in [0.2, 0.25) is 0 Å². The number of nitrogens with zero attached hydrogens (tertiary/aromatic N) is 1. The predicted octanol–water partition coefficient (Wildman–Crippen LogP) is 3.16. The zero-order chi connectivity index (χ0) is 13.8. The van der Waals surface area contributed by atoms with Crippen LogP contribution in [0.25, 0.3) is 0 Å². The third kappa shape index (κ3) is 2.95. The quantitative estimate of drug-likeness (QED) is 0.677. The molecule has 1 amide bonds. The molecular formula is C14H12N2O3. The molecule has 0 atom stereocenters.